The maximum absolute atomic E-state index is 12.5. The largest absolute Gasteiger partial charge is 0.434 e. The summed E-state index contributed by atoms with van der Waals surface area (Å²) in [5.74, 6) is -0.538. The Kier molecular flexibility index (Phi) is 5.86. The molecule has 1 fully saturated rings. The molecule has 2 amide bonds. The summed E-state index contributed by atoms with van der Waals surface area (Å²) in [5, 5.41) is 2.79. The molecule has 0 radical (unpaired) electrons. The van der Waals surface area contributed by atoms with Crippen molar-refractivity contribution in [3.63, 3.8) is 0 Å². The highest BCUT2D eigenvalue weighted by Gasteiger charge is 2.26. The van der Waals surface area contributed by atoms with E-state index in [2.05, 4.69) is 10.1 Å². The molecule has 126 valence electrons. The van der Waals surface area contributed by atoms with Crippen LogP contribution in [0.25, 0.3) is 0 Å². The Balaban J connectivity index is 2.01. The Labute approximate surface area is 133 Å². The quantitative estimate of drug-likeness (QED) is 0.869. The first-order valence-electron chi connectivity index (χ1n) is 7.28. The van der Waals surface area contributed by atoms with Crippen molar-refractivity contribution in [2.45, 2.75) is 6.61 Å². The summed E-state index contributed by atoms with van der Waals surface area (Å²) in [6, 6.07) is 5.92. The molecule has 0 spiro atoms. The second-order valence-corrected chi connectivity index (χ2v) is 5.08. The molecule has 1 N–H and O–H groups in total. The Morgan fingerprint density at radius 1 is 1.17 bits per heavy atom. The molecule has 1 heterocycles. The third-order valence-corrected chi connectivity index (χ3v) is 3.58. The summed E-state index contributed by atoms with van der Waals surface area (Å²) >= 11 is 0. The molecule has 1 aliphatic rings. The van der Waals surface area contributed by atoms with Crippen LogP contribution < -0.4 is 10.1 Å². The first-order valence-corrected chi connectivity index (χ1v) is 7.28. The lowest BCUT2D eigenvalue weighted by Gasteiger charge is -2.35. The fourth-order valence-electron chi connectivity index (χ4n) is 2.43. The lowest BCUT2D eigenvalue weighted by atomic mass is 10.1. The standard InChI is InChI=1S/C15H19F2N3O3/c1-18-10-13(21)19-6-8-20(9-7-19)14(22)11-4-2-3-5-12(11)23-15(16)17/h2-5,15,18H,6-10H2,1H3. The van der Waals surface area contributed by atoms with Gasteiger partial charge < -0.3 is 19.9 Å². The molecule has 23 heavy (non-hydrogen) atoms. The SMILES string of the molecule is CNCC(=O)N1CCN(C(=O)c2ccccc2OC(F)F)CC1. The van der Waals surface area contributed by atoms with E-state index < -0.39 is 6.61 Å². The van der Waals surface area contributed by atoms with E-state index in [4.69, 9.17) is 0 Å². The Bertz CT molecular complexity index is 561. The van der Waals surface area contributed by atoms with E-state index in [0.29, 0.717) is 26.2 Å². The van der Waals surface area contributed by atoms with Gasteiger partial charge in [0.05, 0.1) is 12.1 Å². The number of hydrogen-bond acceptors (Lipinski definition) is 4. The summed E-state index contributed by atoms with van der Waals surface area (Å²) < 4.78 is 29.2. The monoisotopic (exact) mass is 327 g/mol. The summed E-state index contributed by atoms with van der Waals surface area (Å²) in [5.41, 5.74) is 0.0998. The van der Waals surface area contributed by atoms with E-state index in [1.54, 1.807) is 18.0 Å². The van der Waals surface area contributed by atoms with Crippen LogP contribution in [0, 0.1) is 0 Å². The molecular formula is C15H19F2N3O3. The average Bonchev–Trinajstić information content (AvgIpc) is 2.54. The number of amides is 2. The van der Waals surface area contributed by atoms with Crippen LogP contribution in [-0.2, 0) is 4.79 Å². The van der Waals surface area contributed by atoms with E-state index in [-0.39, 0.29) is 29.7 Å². The number of rotatable bonds is 5. The molecule has 0 aromatic heterocycles. The normalized spacial score (nSPS) is 15.0. The van der Waals surface area contributed by atoms with Crippen LogP contribution in [0.3, 0.4) is 0 Å². The summed E-state index contributed by atoms with van der Waals surface area (Å²) in [6.45, 7) is -1.18. The number of para-hydroxylation sites is 1. The predicted octanol–water partition coefficient (Wildman–Crippen LogP) is 0.792. The molecule has 1 aliphatic heterocycles. The number of carbonyl (C=O) groups excluding carboxylic acids is 2. The number of likely N-dealkylation sites (N-methyl/N-ethyl adjacent to an activating group) is 1. The van der Waals surface area contributed by atoms with Crippen LogP contribution in [0.5, 0.6) is 5.75 Å². The van der Waals surface area contributed by atoms with Crippen LogP contribution in [0.4, 0.5) is 8.78 Å². The minimum Gasteiger partial charge on any atom is -0.434 e. The number of ether oxygens (including phenoxy) is 1. The molecule has 1 aromatic carbocycles. The maximum atomic E-state index is 12.5. The highest BCUT2D eigenvalue weighted by Crippen LogP contribution is 2.22. The van der Waals surface area contributed by atoms with E-state index in [0.717, 1.165) is 0 Å². The van der Waals surface area contributed by atoms with Crippen LogP contribution in [0.1, 0.15) is 10.4 Å². The van der Waals surface area contributed by atoms with Gasteiger partial charge in [0.15, 0.2) is 0 Å². The molecule has 8 heteroatoms. The van der Waals surface area contributed by atoms with Crippen LogP contribution in [0.15, 0.2) is 24.3 Å². The molecule has 1 saturated heterocycles. The van der Waals surface area contributed by atoms with Crippen LogP contribution in [-0.4, -0.2) is 68.0 Å². The first-order chi connectivity index (χ1) is 11.0. The van der Waals surface area contributed by atoms with Crippen molar-refractivity contribution in [1.29, 1.82) is 0 Å². The average molecular weight is 327 g/mol. The van der Waals surface area contributed by atoms with Gasteiger partial charge in [-0.05, 0) is 19.2 Å². The second kappa shape index (κ2) is 7.87. The van der Waals surface area contributed by atoms with E-state index in [1.807, 2.05) is 0 Å². The van der Waals surface area contributed by atoms with Crippen LogP contribution >= 0.6 is 0 Å². The molecule has 0 bridgehead atoms. The molecule has 0 unspecified atom stereocenters. The zero-order valence-corrected chi connectivity index (χ0v) is 12.8. The van der Waals surface area contributed by atoms with Crippen LogP contribution in [0.2, 0.25) is 0 Å². The van der Waals surface area contributed by atoms with Gasteiger partial charge in [0.25, 0.3) is 5.91 Å². The van der Waals surface area contributed by atoms with Gasteiger partial charge >= 0.3 is 6.61 Å². The third-order valence-electron chi connectivity index (χ3n) is 3.58. The van der Waals surface area contributed by atoms with Gasteiger partial charge in [-0.1, -0.05) is 12.1 Å². The number of piperazine rings is 1. The number of halogens is 2. The number of hydrogen-bond donors (Lipinski definition) is 1. The summed E-state index contributed by atoms with van der Waals surface area (Å²) in [6.07, 6.45) is 0. The molecule has 2 rings (SSSR count). The topological polar surface area (TPSA) is 61.9 Å². The van der Waals surface area contributed by atoms with Gasteiger partial charge in [0, 0.05) is 26.2 Å². The number of nitrogens with one attached hydrogen (secondary N) is 1. The van der Waals surface area contributed by atoms with Gasteiger partial charge in [-0.3, -0.25) is 9.59 Å². The van der Waals surface area contributed by atoms with E-state index in [1.165, 1.54) is 23.1 Å². The predicted molar refractivity (Wildman–Crippen MR) is 79.5 cm³/mol. The van der Waals surface area contributed by atoms with Crippen molar-refractivity contribution in [1.82, 2.24) is 15.1 Å². The number of alkyl halides is 2. The second-order valence-electron chi connectivity index (χ2n) is 5.08. The number of benzene rings is 1. The molecule has 0 atom stereocenters. The summed E-state index contributed by atoms with van der Waals surface area (Å²) in [4.78, 5) is 27.5. The van der Waals surface area contributed by atoms with Gasteiger partial charge in [-0.25, -0.2) is 0 Å². The van der Waals surface area contributed by atoms with Gasteiger partial charge in [0.2, 0.25) is 5.91 Å². The lowest BCUT2D eigenvalue weighted by molar-refractivity contribution is -0.131. The molecule has 1 aromatic rings. The fraction of sp³-hybridized carbons (Fsp3) is 0.467. The Hall–Kier alpha value is -2.22. The number of nitrogens with zero attached hydrogens (tertiary/aromatic N) is 2. The summed E-state index contributed by atoms with van der Waals surface area (Å²) in [7, 11) is 1.69. The third kappa shape index (κ3) is 4.38. The zero-order chi connectivity index (χ0) is 16.8. The van der Waals surface area contributed by atoms with Crippen molar-refractivity contribution >= 4 is 11.8 Å². The van der Waals surface area contributed by atoms with Crippen molar-refractivity contribution in [3.8, 4) is 5.75 Å². The zero-order valence-electron chi connectivity index (χ0n) is 12.8. The van der Waals surface area contributed by atoms with Gasteiger partial charge in [-0.2, -0.15) is 8.78 Å². The highest BCUT2D eigenvalue weighted by atomic mass is 19.3. The van der Waals surface area contributed by atoms with Crippen molar-refractivity contribution in [2.24, 2.45) is 0 Å². The van der Waals surface area contributed by atoms with Crippen molar-refractivity contribution < 1.29 is 23.1 Å². The smallest absolute Gasteiger partial charge is 0.387 e. The molecule has 6 nitrogen and oxygen atoms in total. The molecular weight excluding hydrogens is 308 g/mol. The number of carbonyl (C=O) groups is 2. The fourth-order valence-corrected chi connectivity index (χ4v) is 2.43. The van der Waals surface area contributed by atoms with Crippen molar-refractivity contribution in [2.75, 3.05) is 39.8 Å². The lowest BCUT2D eigenvalue weighted by Crippen LogP contribution is -2.52. The minimum absolute atomic E-state index is 0.0268. The highest BCUT2D eigenvalue weighted by molar-refractivity contribution is 5.97. The molecule has 0 saturated carbocycles. The van der Waals surface area contributed by atoms with E-state index >= 15 is 0 Å². The van der Waals surface area contributed by atoms with Gasteiger partial charge in [0.1, 0.15) is 5.75 Å². The van der Waals surface area contributed by atoms with Crippen molar-refractivity contribution in [3.05, 3.63) is 29.8 Å². The Morgan fingerprint density at radius 3 is 2.39 bits per heavy atom. The maximum Gasteiger partial charge on any atom is 0.387 e. The molecule has 0 aliphatic carbocycles. The van der Waals surface area contributed by atoms with E-state index in [9.17, 15) is 18.4 Å². The van der Waals surface area contributed by atoms with Gasteiger partial charge in [-0.15, -0.1) is 0 Å². The minimum atomic E-state index is -2.99. The first kappa shape index (κ1) is 17.1. The Morgan fingerprint density at radius 2 is 1.78 bits per heavy atom.